The lowest BCUT2D eigenvalue weighted by Gasteiger charge is -2.35. The molecule has 1 fully saturated rings. The predicted octanol–water partition coefficient (Wildman–Crippen LogP) is 2.79. The molecule has 0 atom stereocenters. The van der Waals surface area contributed by atoms with Crippen LogP contribution in [0.25, 0.3) is 11.0 Å². The first-order valence-corrected chi connectivity index (χ1v) is 9.33. The molecule has 0 spiro atoms. The van der Waals surface area contributed by atoms with Crippen molar-refractivity contribution in [1.82, 2.24) is 24.3 Å². The number of rotatable bonds is 4. The van der Waals surface area contributed by atoms with Gasteiger partial charge in [0.15, 0.2) is 0 Å². The number of fused-ring (bicyclic) bond motifs is 1. The molecule has 0 bridgehead atoms. The smallest absolute Gasteiger partial charge is 0.339 e. The van der Waals surface area contributed by atoms with Gasteiger partial charge in [-0.3, -0.25) is 14.7 Å². The Labute approximate surface area is 165 Å². The Morgan fingerprint density at radius 2 is 1.69 bits per heavy atom. The van der Waals surface area contributed by atoms with E-state index >= 15 is 0 Å². The van der Waals surface area contributed by atoms with Gasteiger partial charge in [-0.25, -0.2) is 4.98 Å². The van der Waals surface area contributed by atoms with E-state index in [-0.39, 0.29) is 18.0 Å². The molecular formula is C20H20F3N5O. The van der Waals surface area contributed by atoms with Crippen LogP contribution in [0, 0.1) is 0 Å². The Kier molecular flexibility index (Phi) is 5.23. The minimum Gasteiger partial charge on any atom is -0.339 e. The van der Waals surface area contributed by atoms with Crippen molar-refractivity contribution >= 4 is 16.9 Å². The Morgan fingerprint density at radius 1 is 1.00 bits per heavy atom. The van der Waals surface area contributed by atoms with E-state index in [9.17, 15) is 18.0 Å². The van der Waals surface area contributed by atoms with Crippen molar-refractivity contribution in [2.75, 3.05) is 26.2 Å². The number of aromatic nitrogens is 3. The van der Waals surface area contributed by atoms with Crippen molar-refractivity contribution in [3.05, 3.63) is 60.2 Å². The third-order valence-electron chi connectivity index (χ3n) is 5.08. The molecule has 152 valence electrons. The van der Waals surface area contributed by atoms with Crippen LogP contribution < -0.4 is 0 Å². The molecule has 0 unspecified atom stereocenters. The highest BCUT2D eigenvalue weighted by atomic mass is 19.4. The fourth-order valence-corrected chi connectivity index (χ4v) is 3.59. The van der Waals surface area contributed by atoms with Crippen molar-refractivity contribution in [2.45, 2.75) is 19.3 Å². The summed E-state index contributed by atoms with van der Waals surface area (Å²) in [4.78, 5) is 24.3. The van der Waals surface area contributed by atoms with Crippen LogP contribution in [0.3, 0.4) is 0 Å². The van der Waals surface area contributed by atoms with E-state index in [2.05, 4.69) is 14.9 Å². The number of piperazine rings is 1. The lowest BCUT2D eigenvalue weighted by Crippen LogP contribution is -2.49. The van der Waals surface area contributed by atoms with Gasteiger partial charge in [-0.1, -0.05) is 12.1 Å². The van der Waals surface area contributed by atoms with E-state index in [1.54, 1.807) is 35.5 Å². The van der Waals surface area contributed by atoms with Crippen LogP contribution in [0.2, 0.25) is 0 Å². The second kappa shape index (κ2) is 7.82. The molecule has 1 aliphatic heterocycles. The van der Waals surface area contributed by atoms with E-state index in [1.165, 1.54) is 6.07 Å². The average molecular weight is 403 g/mol. The van der Waals surface area contributed by atoms with Gasteiger partial charge in [0, 0.05) is 45.1 Å². The third-order valence-corrected chi connectivity index (χ3v) is 5.08. The minimum absolute atomic E-state index is 0.231. The van der Waals surface area contributed by atoms with Crippen LogP contribution >= 0.6 is 0 Å². The summed E-state index contributed by atoms with van der Waals surface area (Å²) in [5.74, 6) is -1.37. The summed E-state index contributed by atoms with van der Waals surface area (Å²) < 4.78 is 41.2. The molecule has 29 heavy (non-hydrogen) atoms. The monoisotopic (exact) mass is 403 g/mol. The van der Waals surface area contributed by atoms with E-state index in [1.807, 2.05) is 12.1 Å². The lowest BCUT2D eigenvalue weighted by atomic mass is 10.2. The molecule has 1 amide bonds. The third kappa shape index (κ3) is 4.24. The maximum absolute atomic E-state index is 13.4. The van der Waals surface area contributed by atoms with Crippen molar-refractivity contribution in [3.63, 3.8) is 0 Å². The Balaban J connectivity index is 1.44. The molecule has 1 saturated heterocycles. The number of hydrogen-bond donors (Lipinski definition) is 0. The zero-order valence-electron chi connectivity index (χ0n) is 15.6. The van der Waals surface area contributed by atoms with Crippen molar-refractivity contribution < 1.29 is 18.0 Å². The van der Waals surface area contributed by atoms with Gasteiger partial charge in [-0.2, -0.15) is 13.2 Å². The van der Waals surface area contributed by atoms with Crippen LogP contribution in [0.15, 0.2) is 48.8 Å². The second-order valence-electron chi connectivity index (χ2n) is 7.02. The molecule has 0 saturated carbocycles. The summed E-state index contributed by atoms with van der Waals surface area (Å²) in [6.07, 6.45) is -1.14. The fraction of sp³-hybridized carbons (Fsp3) is 0.350. The summed E-state index contributed by atoms with van der Waals surface area (Å²) in [5.41, 5.74) is 1.68. The molecule has 9 heteroatoms. The summed E-state index contributed by atoms with van der Waals surface area (Å²) in [7, 11) is 0. The lowest BCUT2D eigenvalue weighted by molar-refractivity contribution is -0.148. The standard InChI is InChI=1S/C20H20F3N5O/c21-20(22,23)19-25-16-3-1-2-4-17(16)28(19)14-18(29)27-11-9-26(10-12-27)13-15-5-7-24-8-6-15/h1-8H,9-14H2. The van der Waals surface area contributed by atoms with Gasteiger partial charge in [0.05, 0.1) is 11.0 Å². The zero-order chi connectivity index (χ0) is 20.4. The Morgan fingerprint density at radius 3 is 2.38 bits per heavy atom. The van der Waals surface area contributed by atoms with E-state index in [4.69, 9.17) is 0 Å². The highest BCUT2D eigenvalue weighted by Crippen LogP contribution is 2.31. The van der Waals surface area contributed by atoms with Crippen molar-refractivity contribution in [1.29, 1.82) is 0 Å². The quantitative estimate of drug-likeness (QED) is 0.672. The van der Waals surface area contributed by atoms with Crippen LogP contribution in [-0.4, -0.2) is 56.4 Å². The molecule has 6 nitrogen and oxygen atoms in total. The van der Waals surface area contributed by atoms with Gasteiger partial charge < -0.3 is 9.47 Å². The summed E-state index contributed by atoms with van der Waals surface area (Å²) >= 11 is 0. The predicted molar refractivity (Wildman–Crippen MR) is 101 cm³/mol. The normalized spacial score (nSPS) is 15.8. The van der Waals surface area contributed by atoms with Gasteiger partial charge in [0.2, 0.25) is 11.7 Å². The minimum atomic E-state index is -4.62. The number of imidazole rings is 1. The molecule has 1 aromatic carbocycles. The first kappa shape index (κ1) is 19.4. The van der Waals surface area contributed by atoms with Crippen LogP contribution in [0.5, 0.6) is 0 Å². The fourth-order valence-electron chi connectivity index (χ4n) is 3.59. The molecular weight excluding hydrogens is 383 g/mol. The molecule has 3 heterocycles. The number of nitrogens with zero attached hydrogens (tertiary/aromatic N) is 5. The van der Waals surface area contributed by atoms with Crippen molar-refractivity contribution in [2.24, 2.45) is 0 Å². The second-order valence-corrected chi connectivity index (χ2v) is 7.02. The van der Waals surface area contributed by atoms with Gasteiger partial charge in [-0.15, -0.1) is 0 Å². The summed E-state index contributed by atoms with van der Waals surface area (Å²) in [5, 5.41) is 0. The SMILES string of the molecule is O=C(Cn1c(C(F)(F)F)nc2ccccc21)N1CCN(Cc2ccncc2)CC1. The molecule has 4 rings (SSSR count). The van der Waals surface area contributed by atoms with Gasteiger partial charge in [0.25, 0.3) is 0 Å². The van der Waals surface area contributed by atoms with Gasteiger partial charge >= 0.3 is 6.18 Å². The Bertz CT molecular complexity index is 994. The number of carbonyl (C=O) groups is 1. The highest BCUT2D eigenvalue weighted by molar-refractivity contribution is 5.81. The summed E-state index contributed by atoms with van der Waals surface area (Å²) in [6.45, 7) is 2.69. The van der Waals surface area contributed by atoms with Gasteiger partial charge in [-0.05, 0) is 29.8 Å². The topological polar surface area (TPSA) is 54.3 Å². The number of hydrogen-bond acceptors (Lipinski definition) is 4. The molecule has 1 aliphatic rings. The number of halogens is 3. The average Bonchev–Trinajstić information content (AvgIpc) is 3.08. The van der Waals surface area contributed by atoms with Crippen LogP contribution in [0.1, 0.15) is 11.4 Å². The van der Waals surface area contributed by atoms with E-state index in [0.29, 0.717) is 31.7 Å². The maximum atomic E-state index is 13.4. The first-order chi connectivity index (χ1) is 13.9. The first-order valence-electron chi connectivity index (χ1n) is 9.33. The molecule has 0 aliphatic carbocycles. The van der Waals surface area contributed by atoms with E-state index < -0.39 is 12.0 Å². The summed E-state index contributed by atoms with van der Waals surface area (Å²) in [6, 6.07) is 10.2. The van der Waals surface area contributed by atoms with Crippen LogP contribution in [-0.2, 0) is 24.1 Å². The van der Waals surface area contributed by atoms with Crippen LogP contribution in [0.4, 0.5) is 13.2 Å². The number of carbonyl (C=O) groups excluding carboxylic acids is 1. The number of alkyl halides is 3. The Hall–Kier alpha value is -2.94. The number of para-hydroxylation sites is 2. The van der Waals surface area contributed by atoms with Crippen molar-refractivity contribution in [3.8, 4) is 0 Å². The molecule has 3 aromatic rings. The number of amides is 1. The van der Waals surface area contributed by atoms with Gasteiger partial charge in [0.1, 0.15) is 6.54 Å². The number of pyridine rings is 1. The van der Waals surface area contributed by atoms with E-state index in [0.717, 1.165) is 16.7 Å². The molecule has 2 aromatic heterocycles. The largest absolute Gasteiger partial charge is 0.449 e. The molecule has 0 N–H and O–H groups in total. The highest BCUT2D eigenvalue weighted by Gasteiger charge is 2.38. The molecule has 0 radical (unpaired) electrons. The number of benzene rings is 1. The maximum Gasteiger partial charge on any atom is 0.449 e. The zero-order valence-corrected chi connectivity index (χ0v) is 15.6.